The molecule has 0 radical (unpaired) electrons. The van der Waals surface area contributed by atoms with E-state index in [9.17, 15) is 22.8 Å². The molecule has 9 heteroatoms. The van der Waals surface area contributed by atoms with Crippen LogP contribution >= 0.6 is 11.8 Å². The zero-order valence-electron chi connectivity index (χ0n) is 19.8. The van der Waals surface area contributed by atoms with E-state index in [-0.39, 0.29) is 29.7 Å². The van der Waals surface area contributed by atoms with Crippen molar-refractivity contribution in [3.63, 3.8) is 0 Å². The van der Waals surface area contributed by atoms with Crippen LogP contribution in [0.2, 0.25) is 0 Å². The molecular weight excluding hydrogens is 453 g/mol. The number of halogens is 3. The molecule has 1 heterocycles. The van der Waals surface area contributed by atoms with Crippen molar-refractivity contribution < 1.29 is 27.5 Å². The van der Waals surface area contributed by atoms with Gasteiger partial charge < -0.3 is 15.0 Å². The van der Waals surface area contributed by atoms with E-state index in [1.165, 1.54) is 6.08 Å². The minimum atomic E-state index is -4.35. The maximum absolute atomic E-state index is 13.7. The third-order valence-corrected chi connectivity index (χ3v) is 8.70. The van der Waals surface area contributed by atoms with Gasteiger partial charge in [0, 0.05) is 30.0 Å². The number of rotatable bonds is 3. The van der Waals surface area contributed by atoms with Crippen LogP contribution in [0.1, 0.15) is 53.4 Å². The lowest BCUT2D eigenvalue weighted by molar-refractivity contribution is -0.137. The fourth-order valence-electron chi connectivity index (χ4n) is 6.05. The van der Waals surface area contributed by atoms with Crippen LogP contribution in [-0.4, -0.2) is 59.3 Å². The quantitative estimate of drug-likeness (QED) is 0.605. The Labute approximate surface area is 197 Å². The number of alkyl halides is 3. The molecule has 0 aromatic rings. The molecule has 3 aliphatic carbocycles. The number of allylic oxidation sites excluding steroid dienone is 1. The summed E-state index contributed by atoms with van der Waals surface area (Å²) >= 11 is 1.67. The molecule has 33 heavy (non-hydrogen) atoms. The van der Waals surface area contributed by atoms with Crippen LogP contribution in [0.15, 0.2) is 22.8 Å². The third kappa shape index (κ3) is 4.54. The maximum Gasteiger partial charge on any atom is 0.412 e. The second-order valence-corrected chi connectivity index (χ2v) is 11.9. The summed E-state index contributed by atoms with van der Waals surface area (Å²) in [5.74, 6) is -0.358. The molecule has 1 N–H and O–H groups in total. The first-order valence-corrected chi connectivity index (χ1v) is 12.9. The second kappa shape index (κ2) is 8.24. The molecule has 0 bridgehead atoms. The molecule has 5 nitrogen and oxygen atoms in total. The summed E-state index contributed by atoms with van der Waals surface area (Å²) in [5.41, 5.74) is 0.0517. The van der Waals surface area contributed by atoms with Crippen LogP contribution in [0.25, 0.3) is 0 Å². The first kappa shape index (κ1) is 24.5. The average Bonchev–Trinajstić information content (AvgIpc) is 3.13. The molecule has 5 atom stereocenters. The number of fused-ring (bicyclic) bond motifs is 1. The molecule has 4 rings (SSSR count). The van der Waals surface area contributed by atoms with E-state index in [1.807, 2.05) is 6.26 Å². The van der Waals surface area contributed by atoms with Crippen molar-refractivity contribution >= 4 is 23.8 Å². The van der Waals surface area contributed by atoms with Gasteiger partial charge >= 0.3 is 12.3 Å². The lowest BCUT2D eigenvalue weighted by Gasteiger charge is -2.37. The van der Waals surface area contributed by atoms with Crippen molar-refractivity contribution in [1.29, 1.82) is 0 Å². The Morgan fingerprint density at radius 3 is 2.58 bits per heavy atom. The molecule has 4 aliphatic rings. The summed E-state index contributed by atoms with van der Waals surface area (Å²) < 4.78 is 45.7. The largest absolute Gasteiger partial charge is 0.444 e. The number of hydrogen-bond donors (Lipinski definition) is 1. The Balaban J connectivity index is 1.47. The fourth-order valence-corrected chi connectivity index (χ4v) is 7.45. The standard InChI is InChI=1S/C24H33F3N2O3S/c1-13-8-14-6-7-29(12-15(14)9-17(13)24(25,26)27)20(30)23-11-16(10-18(23)19(23)33-5)28-21(31)32-22(2,3)4/h9,13,16,18-19H,6-8,10-12H2,1-5H3,(H,28,31). The summed E-state index contributed by atoms with van der Waals surface area (Å²) in [5, 5.41) is 3.10. The lowest BCUT2D eigenvalue weighted by atomic mass is 9.81. The number of nitrogens with zero attached hydrogens (tertiary/aromatic N) is 1. The Bertz CT molecular complexity index is 908. The highest BCUT2D eigenvalue weighted by Crippen LogP contribution is 2.69. The van der Waals surface area contributed by atoms with E-state index in [2.05, 4.69) is 5.32 Å². The summed E-state index contributed by atoms with van der Waals surface area (Å²) in [6, 6.07) is -0.135. The molecule has 1 aliphatic heterocycles. The highest BCUT2D eigenvalue weighted by atomic mass is 32.2. The van der Waals surface area contributed by atoms with Crippen molar-refractivity contribution in [3.05, 3.63) is 22.8 Å². The summed E-state index contributed by atoms with van der Waals surface area (Å²) in [6.45, 7) is 7.81. The molecule has 0 spiro atoms. The Hall–Kier alpha value is -1.64. The van der Waals surface area contributed by atoms with E-state index in [0.717, 1.165) is 5.57 Å². The van der Waals surface area contributed by atoms with Crippen molar-refractivity contribution in [3.8, 4) is 0 Å². The summed E-state index contributed by atoms with van der Waals surface area (Å²) in [4.78, 5) is 27.7. The highest BCUT2D eigenvalue weighted by molar-refractivity contribution is 7.99. The van der Waals surface area contributed by atoms with Gasteiger partial charge in [-0.05, 0) is 76.2 Å². The predicted octanol–water partition coefficient (Wildman–Crippen LogP) is 5.08. The van der Waals surface area contributed by atoms with Crippen LogP contribution in [-0.2, 0) is 9.53 Å². The Morgan fingerprint density at radius 1 is 1.27 bits per heavy atom. The summed E-state index contributed by atoms with van der Waals surface area (Å²) in [6.07, 6.45) is 0.734. The fraction of sp³-hybridized carbons (Fsp3) is 0.750. The van der Waals surface area contributed by atoms with Crippen molar-refractivity contribution in [2.45, 2.75) is 76.4 Å². The minimum Gasteiger partial charge on any atom is -0.444 e. The van der Waals surface area contributed by atoms with Crippen LogP contribution in [0.3, 0.4) is 0 Å². The number of nitrogens with one attached hydrogen (secondary N) is 1. The van der Waals surface area contributed by atoms with Gasteiger partial charge in [-0.1, -0.05) is 12.5 Å². The second-order valence-electron chi connectivity index (χ2n) is 10.9. The molecule has 0 aromatic carbocycles. The van der Waals surface area contributed by atoms with Crippen LogP contribution in [0, 0.1) is 17.3 Å². The molecule has 2 fully saturated rings. The van der Waals surface area contributed by atoms with Gasteiger partial charge in [0.25, 0.3) is 0 Å². The monoisotopic (exact) mass is 486 g/mol. The van der Waals surface area contributed by atoms with Gasteiger partial charge in [-0.3, -0.25) is 4.79 Å². The number of ether oxygens (including phenoxy) is 1. The SMILES string of the molecule is CSC1C2CC(NC(=O)OC(C)(C)C)CC21C(=O)N1CCC2=C(C=C(C(F)(F)F)C(C)C2)C1. The van der Waals surface area contributed by atoms with Crippen LogP contribution < -0.4 is 5.32 Å². The molecule has 5 unspecified atom stereocenters. The maximum atomic E-state index is 13.7. The Morgan fingerprint density at radius 2 is 1.97 bits per heavy atom. The van der Waals surface area contributed by atoms with E-state index in [0.29, 0.717) is 37.8 Å². The molecule has 2 saturated carbocycles. The van der Waals surface area contributed by atoms with Gasteiger partial charge in [0.15, 0.2) is 0 Å². The predicted molar refractivity (Wildman–Crippen MR) is 122 cm³/mol. The zero-order chi connectivity index (χ0) is 24.3. The number of thioether (sulfide) groups is 1. The smallest absolute Gasteiger partial charge is 0.412 e. The third-order valence-electron chi connectivity index (χ3n) is 7.45. The molecule has 2 amide bonds. The van der Waals surface area contributed by atoms with Gasteiger partial charge in [-0.25, -0.2) is 4.79 Å². The molecular formula is C24H33F3N2O3S. The first-order chi connectivity index (χ1) is 15.3. The number of carbonyl (C=O) groups is 2. The number of hydrogen-bond acceptors (Lipinski definition) is 4. The Kier molecular flexibility index (Phi) is 6.11. The van der Waals surface area contributed by atoms with Gasteiger partial charge in [-0.15, -0.1) is 0 Å². The molecule has 184 valence electrons. The average molecular weight is 487 g/mol. The van der Waals surface area contributed by atoms with E-state index < -0.39 is 34.8 Å². The van der Waals surface area contributed by atoms with E-state index in [4.69, 9.17) is 4.74 Å². The van der Waals surface area contributed by atoms with Gasteiger partial charge in [0.2, 0.25) is 5.91 Å². The van der Waals surface area contributed by atoms with Crippen molar-refractivity contribution in [2.75, 3.05) is 19.3 Å². The number of carbonyl (C=O) groups excluding carboxylic acids is 2. The van der Waals surface area contributed by atoms with Crippen molar-refractivity contribution in [1.82, 2.24) is 10.2 Å². The normalized spacial score (nSPS) is 33.8. The van der Waals surface area contributed by atoms with Gasteiger partial charge in [0.1, 0.15) is 5.60 Å². The van der Waals surface area contributed by atoms with Crippen LogP contribution in [0.4, 0.5) is 18.0 Å². The van der Waals surface area contributed by atoms with E-state index in [1.54, 1.807) is 44.4 Å². The van der Waals surface area contributed by atoms with Crippen LogP contribution in [0.5, 0.6) is 0 Å². The summed E-state index contributed by atoms with van der Waals surface area (Å²) in [7, 11) is 0. The topological polar surface area (TPSA) is 58.6 Å². The number of alkyl carbamates (subject to hydrolysis) is 1. The van der Waals surface area contributed by atoms with Gasteiger partial charge in [-0.2, -0.15) is 24.9 Å². The molecule has 0 saturated heterocycles. The first-order valence-electron chi connectivity index (χ1n) is 11.6. The zero-order valence-corrected chi connectivity index (χ0v) is 20.7. The number of amides is 2. The van der Waals surface area contributed by atoms with Crippen molar-refractivity contribution in [2.24, 2.45) is 17.3 Å². The van der Waals surface area contributed by atoms with Gasteiger partial charge in [0.05, 0.1) is 5.41 Å². The van der Waals surface area contributed by atoms with E-state index >= 15 is 0 Å². The molecule has 0 aromatic heterocycles. The minimum absolute atomic E-state index is 0.0208. The lowest BCUT2D eigenvalue weighted by Crippen LogP contribution is -2.45. The highest BCUT2D eigenvalue weighted by Gasteiger charge is 2.74.